The van der Waals surface area contributed by atoms with Gasteiger partial charge in [0, 0.05) is 13.2 Å². The van der Waals surface area contributed by atoms with Crippen molar-refractivity contribution >= 4 is 5.91 Å². The van der Waals surface area contributed by atoms with Gasteiger partial charge in [0.15, 0.2) is 0 Å². The first-order chi connectivity index (χ1) is 9.70. The van der Waals surface area contributed by atoms with E-state index in [0.717, 1.165) is 30.6 Å². The zero-order chi connectivity index (χ0) is 14.4. The fourth-order valence-electron chi connectivity index (χ4n) is 2.41. The molecule has 4 nitrogen and oxygen atoms in total. The second kappa shape index (κ2) is 7.29. The Bertz CT molecular complexity index is 453. The summed E-state index contributed by atoms with van der Waals surface area (Å²) in [5, 5.41) is 2.94. The Morgan fingerprint density at radius 2 is 2.35 bits per heavy atom. The van der Waals surface area contributed by atoms with E-state index in [1.807, 2.05) is 19.9 Å². The van der Waals surface area contributed by atoms with E-state index in [-0.39, 0.29) is 12.0 Å². The van der Waals surface area contributed by atoms with Crippen LogP contribution in [0.2, 0.25) is 0 Å². The highest BCUT2D eigenvalue weighted by Gasteiger charge is 2.22. The fourth-order valence-corrected chi connectivity index (χ4v) is 2.41. The van der Waals surface area contributed by atoms with E-state index in [0.29, 0.717) is 19.8 Å². The number of benzene rings is 1. The Morgan fingerprint density at radius 1 is 1.50 bits per heavy atom. The zero-order valence-electron chi connectivity index (χ0n) is 12.3. The Balaban J connectivity index is 1.79. The van der Waals surface area contributed by atoms with E-state index >= 15 is 0 Å². The number of hydrogen-bond acceptors (Lipinski definition) is 3. The molecule has 1 aromatic rings. The quantitative estimate of drug-likeness (QED) is 0.867. The molecule has 1 aliphatic rings. The van der Waals surface area contributed by atoms with E-state index in [4.69, 9.17) is 9.47 Å². The number of hydrogen-bond donors (Lipinski definition) is 1. The summed E-state index contributed by atoms with van der Waals surface area (Å²) >= 11 is 0. The molecule has 0 spiro atoms. The summed E-state index contributed by atoms with van der Waals surface area (Å²) in [5.41, 5.74) is 2.34. The van der Waals surface area contributed by atoms with Crippen LogP contribution in [0.3, 0.4) is 0 Å². The largest absolute Gasteiger partial charge is 0.494 e. The lowest BCUT2D eigenvalue weighted by Gasteiger charge is -2.11. The van der Waals surface area contributed by atoms with Crippen LogP contribution in [0.25, 0.3) is 0 Å². The molecule has 0 saturated carbocycles. The number of aryl methyl sites for hydroxylation is 1. The third-order valence-corrected chi connectivity index (χ3v) is 3.47. The predicted octanol–water partition coefficient (Wildman–Crippen LogP) is 2.23. The summed E-state index contributed by atoms with van der Waals surface area (Å²) in [6, 6.07) is 6.16. The molecule has 1 atom stereocenters. The molecule has 20 heavy (non-hydrogen) atoms. The van der Waals surface area contributed by atoms with Crippen LogP contribution in [-0.4, -0.2) is 31.8 Å². The van der Waals surface area contributed by atoms with Gasteiger partial charge in [-0.2, -0.15) is 0 Å². The molecule has 2 rings (SSSR count). The first-order valence-electron chi connectivity index (χ1n) is 7.32. The summed E-state index contributed by atoms with van der Waals surface area (Å²) in [7, 11) is 0. The maximum Gasteiger partial charge on any atom is 0.249 e. The smallest absolute Gasteiger partial charge is 0.249 e. The Hall–Kier alpha value is -1.55. The van der Waals surface area contributed by atoms with Crippen molar-refractivity contribution < 1.29 is 14.3 Å². The molecule has 1 amide bonds. The van der Waals surface area contributed by atoms with Gasteiger partial charge in [-0.15, -0.1) is 0 Å². The Morgan fingerprint density at radius 3 is 3.00 bits per heavy atom. The molecule has 1 aliphatic heterocycles. The Labute approximate surface area is 120 Å². The maximum atomic E-state index is 11.8. The number of carbonyl (C=O) groups is 1. The van der Waals surface area contributed by atoms with E-state index in [1.54, 1.807) is 0 Å². The second-order valence-electron chi connectivity index (χ2n) is 5.08. The molecule has 1 aromatic carbocycles. The third-order valence-electron chi connectivity index (χ3n) is 3.47. The highest BCUT2D eigenvalue weighted by molar-refractivity contribution is 5.80. The van der Waals surface area contributed by atoms with Crippen molar-refractivity contribution in [3.63, 3.8) is 0 Å². The van der Waals surface area contributed by atoms with Crippen LogP contribution < -0.4 is 10.1 Å². The van der Waals surface area contributed by atoms with Crippen LogP contribution in [-0.2, 0) is 16.0 Å². The van der Waals surface area contributed by atoms with Gasteiger partial charge in [0.2, 0.25) is 5.91 Å². The zero-order valence-corrected chi connectivity index (χ0v) is 12.3. The molecular formula is C16H23NO3. The normalized spacial score (nSPS) is 18.0. The van der Waals surface area contributed by atoms with Crippen LogP contribution in [0.4, 0.5) is 0 Å². The van der Waals surface area contributed by atoms with E-state index < -0.39 is 0 Å². The predicted molar refractivity (Wildman–Crippen MR) is 78.0 cm³/mol. The minimum Gasteiger partial charge on any atom is -0.494 e. The molecule has 1 N–H and O–H groups in total. The second-order valence-corrected chi connectivity index (χ2v) is 5.08. The highest BCUT2D eigenvalue weighted by atomic mass is 16.5. The van der Waals surface area contributed by atoms with Crippen molar-refractivity contribution in [2.45, 2.75) is 39.2 Å². The van der Waals surface area contributed by atoms with Crippen LogP contribution in [0.15, 0.2) is 18.2 Å². The highest BCUT2D eigenvalue weighted by Crippen LogP contribution is 2.19. The molecule has 0 aliphatic carbocycles. The van der Waals surface area contributed by atoms with Gasteiger partial charge < -0.3 is 14.8 Å². The molecule has 1 fully saturated rings. The van der Waals surface area contributed by atoms with Crippen molar-refractivity contribution in [2.24, 2.45) is 0 Å². The molecule has 4 heteroatoms. The van der Waals surface area contributed by atoms with E-state index in [9.17, 15) is 4.79 Å². The molecule has 110 valence electrons. The van der Waals surface area contributed by atoms with Gasteiger partial charge >= 0.3 is 0 Å². The topological polar surface area (TPSA) is 47.6 Å². The summed E-state index contributed by atoms with van der Waals surface area (Å²) in [4.78, 5) is 11.8. The summed E-state index contributed by atoms with van der Waals surface area (Å²) < 4.78 is 10.9. The summed E-state index contributed by atoms with van der Waals surface area (Å²) in [6.07, 6.45) is 2.41. The molecule has 0 bridgehead atoms. The maximum absolute atomic E-state index is 11.8. The number of amides is 1. The number of rotatable bonds is 6. The lowest BCUT2D eigenvalue weighted by atomic mass is 10.1. The number of carbonyl (C=O) groups excluding carboxylic acids is 1. The number of ether oxygens (including phenoxy) is 2. The molecule has 0 radical (unpaired) electrons. The van der Waals surface area contributed by atoms with Crippen molar-refractivity contribution in [1.82, 2.24) is 5.32 Å². The van der Waals surface area contributed by atoms with Crippen LogP contribution >= 0.6 is 0 Å². The molecule has 1 unspecified atom stereocenters. The van der Waals surface area contributed by atoms with Gasteiger partial charge in [0.1, 0.15) is 11.9 Å². The summed E-state index contributed by atoms with van der Waals surface area (Å²) in [5.74, 6) is 0.949. The van der Waals surface area contributed by atoms with E-state index in [1.165, 1.54) is 5.56 Å². The monoisotopic (exact) mass is 277 g/mol. The molecule has 1 saturated heterocycles. The van der Waals surface area contributed by atoms with Crippen molar-refractivity contribution in [3.05, 3.63) is 29.3 Å². The molecule has 0 aromatic heterocycles. The first kappa shape index (κ1) is 14.9. The van der Waals surface area contributed by atoms with Gasteiger partial charge in [-0.3, -0.25) is 4.79 Å². The first-order valence-corrected chi connectivity index (χ1v) is 7.32. The molecular weight excluding hydrogens is 254 g/mol. The van der Waals surface area contributed by atoms with Crippen molar-refractivity contribution in [2.75, 3.05) is 19.8 Å². The minimum atomic E-state index is -0.239. The lowest BCUT2D eigenvalue weighted by molar-refractivity contribution is -0.129. The fraction of sp³-hybridized carbons (Fsp3) is 0.562. The standard InChI is InChI=1S/C16H23NO3/c1-3-19-14-7-6-13(11-12(14)2)8-9-17-16(18)15-5-4-10-20-15/h6-7,11,15H,3-5,8-10H2,1-2H3,(H,17,18). The average Bonchev–Trinajstić information content (AvgIpc) is 2.96. The Kier molecular flexibility index (Phi) is 5.41. The SMILES string of the molecule is CCOc1ccc(CCNC(=O)C2CCCO2)cc1C. The van der Waals surface area contributed by atoms with Crippen LogP contribution in [0.1, 0.15) is 30.9 Å². The van der Waals surface area contributed by atoms with Crippen LogP contribution in [0.5, 0.6) is 5.75 Å². The van der Waals surface area contributed by atoms with Gasteiger partial charge in [-0.05, 0) is 50.3 Å². The van der Waals surface area contributed by atoms with Crippen molar-refractivity contribution in [1.29, 1.82) is 0 Å². The lowest BCUT2D eigenvalue weighted by Crippen LogP contribution is -2.35. The van der Waals surface area contributed by atoms with Gasteiger partial charge in [0.05, 0.1) is 6.61 Å². The van der Waals surface area contributed by atoms with Gasteiger partial charge in [0.25, 0.3) is 0 Å². The van der Waals surface area contributed by atoms with Gasteiger partial charge in [-0.1, -0.05) is 12.1 Å². The van der Waals surface area contributed by atoms with E-state index in [2.05, 4.69) is 17.4 Å². The van der Waals surface area contributed by atoms with Gasteiger partial charge in [-0.25, -0.2) is 0 Å². The average molecular weight is 277 g/mol. The van der Waals surface area contributed by atoms with Crippen molar-refractivity contribution in [3.8, 4) is 5.75 Å². The molecule has 1 heterocycles. The number of nitrogens with one attached hydrogen (secondary N) is 1. The minimum absolute atomic E-state index is 0.0187. The van der Waals surface area contributed by atoms with Crippen LogP contribution in [0, 0.1) is 6.92 Å². The summed E-state index contributed by atoms with van der Waals surface area (Å²) in [6.45, 7) is 6.05. The third kappa shape index (κ3) is 3.97.